The lowest BCUT2D eigenvalue weighted by Gasteiger charge is -2.12. The number of aromatic nitrogens is 4. The molecular formula is C28H25N5O4. The Morgan fingerprint density at radius 1 is 0.865 bits per heavy atom. The van der Waals surface area contributed by atoms with Gasteiger partial charge < -0.3 is 19.5 Å². The lowest BCUT2D eigenvalue weighted by atomic mass is 10.1. The van der Waals surface area contributed by atoms with Gasteiger partial charge in [-0.2, -0.15) is 4.52 Å². The average Bonchev–Trinajstić information content (AvgIpc) is 3.38. The number of nitrogens with zero attached hydrogens (tertiary/aromatic N) is 4. The van der Waals surface area contributed by atoms with Crippen LogP contribution in [0, 0.1) is 0 Å². The van der Waals surface area contributed by atoms with E-state index in [9.17, 15) is 4.79 Å². The third-order valence-corrected chi connectivity index (χ3v) is 5.57. The van der Waals surface area contributed by atoms with Gasteiger partial charge in [0, 0.05) is 17.2 Å². The van der Waals surface area contributed by atoms with Crippen LogP contribution in [0.5, 0.6) is 17.4 Å². The fraction of sp³-hybridized carbons (Fsp3) is 0.143. The van der Waals surface area contributed by atoms with E-state index in [4.69, 9.17) is 14.2 Å². The summed E-state index contributed by atoms with van der Waals surface area (Å²) in [7, 11) is 1.61. The number of carbonyl (C=O) groups is 1. The van der Waals surface area contributed by atoms with E-state index in [-0.39, 0.29) is 19.1 Å². The van der Waals surface area contributed by atoms with Crippen LogP contribution in [0.25, 0.3) is 28.2 Å². The molecule has 0 fully saturated rings. The van der Waals surface area contributed by atoms with E-state index in [0.29, 0.717) is 35.4 Å². The maximum absolute atomic E-state index is 12.3. The van der Waals surface area contributed by atoms with Gasteiger partial charge in [0.25, 0.3) is 5.91 Å². The van der Waals surface area contributed by atoms with Gasteiger partial charge in [0.05, 0.1) is 13.7 Å². The molecule has 5 aromatic rings. The second-order valence-corrected chi connectivity index (χ2v) is 8.05. The molecule has 1 N–H and O–H groups in total. The number of carbonyl (C=O) groups excluding carboxylic acids is 1. The Labute approximate surface area is 213 Å². The molecule has 1 amide bonds. The Balaban J connectivity index is 1.14. The number of para-hydroxylation sites is 1. The van der Waals surface area contributed by atoms with Crippen molar-refractivity contribution in [2.45, 2.75) is 0 Å². The normalized spacial score (nSPS) is 10.7. The van der Waals surface area contributed by atoms with Crippen LogP contribution in [0.4, 0.5) is 0 Å². The summed E-state index contributed by atoms with van der Waals surface area (Å²) in [6.45, 7) is 0.438. The SMILES string of the molecule is COc1cccc(-c2nnc3ccc(OCCNC(=O)COc4ccccc4-c4ccccc4)nn23)c1. The summed E-state index contributed by atoms with van der Waals surface area (Å²) >= 11 is 0. The molecule has 0 aliphatic carbocycles. The number of amides is 1. The Bertz CT molecular complexity index is 1500. The fourth-order valence-electron chi connectivity index (χ4n) is 3.78. The van der Waals surface area contributed by atoms with Crippen molar-refractivity contribution in [2.75, 3.05) is 26.9 Å². The Morgan fingerprint density at radius 3 is 2.54 bits per heavy atom. The first kappa shape index (κ1) is 23.8. The summed E-state index contributed by atoms with van der Waals surface area (Å²) in [4.78, 5) is 12.3. The minimum absolute atomic E-state index is 0.0986. The average molecular weight is 496 g/mol. The van der Waals surface area contributed by atoms with E-state index in [1.54, 1.807) is 23.8 Å². The Morgan fingerprint density at radius 2 is 1.68 bits per heavy atom. The zero-order chi connectivity index (χ0) is 25.5. The standard InChI is InChI=1S/C28H25N5O4/c1-35-22-11-7-10-21(18-22)28-31-30-25-14-15-27(32-33(25)28)36-17-16-29-26(34)19-37-24-13-6-5-12-23(24)20-8-3-2-4-9-20/h2-15,18H,16-17,19H2,1H3,(H,29,34). The van der Waals surface area contributed by atoms with E-state index in [0.717, 1.165) is 16.7 Å². The number of benzene rings is 3. The second kappa shape index (κ2) is 11.2. The number of fused-ring (bicyclic) bond motifs is 1. The predicted octanol–water partition coefficient (Wildman–Crippen LogP) is 4.04. The third-order valence-electron chi connectivity index (χ3n) is 5.57. The van der Waals surface area contributed by atoms with Gasteiger partial charge in [-0.05, 0) is 29.8 Å². The van der Waals surface area contributed by atoms with Crippen molar-refractivity contribution in [1.29, 1.82) is 0 Å². The summed E-state index contributed by atoms with van der Waals surface area (Å²) in [5, 5.41) is 15.7. The van der Waals surface area contributed by atoms with Crippen LogP contribution in [0.15, 0.2) is 91.0 Å². The highest BCUT2D eigenvalue weighted by molar-refractivity contribution is 5.78. The van der Waals surface area contributed by atoms with E-state index in [1.165, 1.54) is 0 Å². The Hall–Kier alpha value is -4.92. The molecule has 186 valence electrons. The molecule has 37 heavy (non-hydrogen) atoms. The fourth-order valence-corrected chi connectivity index (χ4v) is 3.78. The highest BCUT2D eigenvalue weighted by atomic mass is 16.5. The maximum Gasteiger partial charge on any atom is 0.258 e. The molecule has 0 radical (unpaired) electrons. The van der Waals surface area contributed by atoms with Crippen molar-refractivity contribution in [2.24, 2.45) is 0 Å². The smallest absolute Gasteiger partial charge is 0.258 e. The number of ether oxygens (including phenoxy) is 3. The molecule has 9 heteroatoms. The lowest BCUT2D eigenvalue weighted by molar-refractivity contribution is -0.123. The molecule has 0 saturated heterocycles. The molecule has 0 aliphatic rings. The highest BCUT2D eigenvalue weighted by Crippen LogP contribution is 2.29. The first-order valence-electron chi connectivity index (χ1n) is 11.7. The zero-order valence-electron chi connectivity index (χ0n) is 20.2. The van der Waals surface area contributed by atoms with Crippen molar-refractivity contribution in [1.82, 2.24) is 25.1 Å². The van der Waals surface area contributed by atoms with Gasteiger partial charge in [0.2, 0.25) is 5.88 Å². The molecule has 3 aromatic carbocycles. The van der Waals surface area contributed by atoms with Crippen molar-refractivity contribution in [3.8, 4) is 39.9 Å². The van der Waals surface area contributed by atoms with Crippen LogP contribution in [0.1, 0.15) is 0 Å². The van der Waals surface area contributed by atoms with Gasteiger partial charge in [-0.25, -0.2) is 0 Å². The predicted molar refractivity (Wildman–Crippen MR) is 139 cm³/mol. The third kappa shape index (κ3) is 5.67. The number of methoxy groups -OCH3 is 1. The summed E-state index contributed by atoms with van der Waals surface area (Å²) in [5.41, 5.74) is 3.37. The van der Waals surface area contributed by atoms with Gasteiger partial charge in [-0.15, -0.1) is 15.3 Å². The summed E-state index contributed by atoms with van der Waals surface area (Å²) < 4.78 is 18.4. The van der Waals surface area contributed by atoms with Gasteiger partial charge in [-0.1, -0.05) is 60.7 Å². The molecule has 5 rings (SSSR count). The number of hydrogen-bond donors (Lipinski definition) is 1. The Kier molecular flexibility index (Phi) is 7.21. The van der Waals surface area contributed by atoms with Gasteiger partial charge in [0.1, 0.15) is 18.1 Å². The molecule has 0 saturated carbocycles. The van der Waals surface area contributed by atoms with E-state index in [1.807, 2.05) is 78.9 Å². The molecule has 0 bridgehead atoms. The molecular weight excluding hydrogens is 470 g/mol. The largest absolute Gasteiger partial charge is 0.497 e. The van der Waals surface area contributed by atoms with Gasteiger partial charge in [-0.3, -0.25) is 4.79 Å². The molecule has 2 aromatic heterocycles. The van der Waals surface area contributed by atoms with Crippen LogP contribution in [0.2, 0.25) is 0 Å². The minimum Gasteiger partial charge on any atom is -0.497 e. The van der Waals surface area contributed by atoms with Crippen LogP contribution < -0.4 is 19.5 Å². The minimum atomic E-state index is -0.242. The molecule has 0 spiro atoms. The number of nitrogens with one attached hydrogen (secondary N) is 1. The lowest BCUT2D eigenvalue weighted by Crippen LogP contribution is -2.32. The maximum atomic E-state index is 12.3. The van der Waals surface area contributed by atoms with Crippen molar-refractivity contribution >= 4 is 11.6 Å². The number of rotatable bonds is 10. The molecule has 0 atom stereocenters. The van der Waals surface area contributed by atoms with Crippen LogP contribution in [-0.4, -0.2) is 52.6 Å². The van der Waals surface area contributed by atoms with Gasteiger partial charge in [0.15, 0.2) is 18.1 Å². The second-order valence-electron chi connectivity index (χ2n) is 8.05. The zero-order valence-corrected chi connectivity index (χ0v) is 20.2. The van der Waals surface area contributed by atoms with Crippen molar-refractivity contribution in [3.63, 3.8) is 0 Å². The summed E-state index contributed by atoms with van der Waals surface area (Å²) in [5.74, 6) is 2.08. The quantitative estimate of drug-likeness (QED) is 0.292. The number of hydrogen-bond acceptors (Lipinski definition) is 7. The van der Waals surface area contributed by atoms with Crippen molar-refractivity contribution in [3.05, 3.63) is 91.0 Å². The van der Waals surface area contributed by atoms with Crippen LogP contribution in [-0.2, 0) is 4.79 Å². The van der Waals surface area contributed by atoms with E-state index in [2.05, 4.69) is 20.6 Å². The highest BCUT2D eigenvalue weighted by Gasteiger charge is 2.12. The van der Waals surface area contributed by atoms with Crippen LogP contribution >= 0.6 is 0 Å². The van der Waals surface area contributed by atoms with Crippen molar-refractivity contribution < 1.29 is 19.0 Å². The summed E-state index contributed by atoms with van der Waals surface area (Å²) in [6, 6.07) is 28.5. The first-order valence-corrected chi connectivity index (χ1v) is 11.7. The molecule has 0 aliphatic heterocycles. The molecule has 9 nitrogen and oxygen atoms in total. The first-order chi connectivity index (χ1) is 18.2. The summed E-state index contributed by atoms with van der Waals surface area (Å²) in [6.07, 6.45) is 0. The monoisotopic (exact) mass is 495 g/mol. The van der Waals surface area contributed by atoms with E-state index >= 15 is 0 Å². The van der Waals surface area contributed by atoms with Crippen LogP contribution in [0.3, 0.4) is 0 Å². The molecule has 2 heterocycles. The molecule has 0 unspecified atom stereocenters. The van der Waals surface area contributed by atoms with Gasteiger partial charge >= 0.3 is 0 Å². The topological polar surface area (TPSA) is 99.9 Å². The van der Waals surface area contributed by atoms with E-state index < -0.39 is 0 Å².